The summed E-state index contributed by atoms with van der Waals surface area (Å²) < 4.78 is 69.4. The Bertz CT molecular complexity index is 3990. The van der Waals surface area contributed by atoms with Gasteiger partial charge in [0.25, 0.3) is 0 Å². The van der Waals surface area contributed by atoms with Crippen molar-refractivity contribution in [3.8, 4) is 67.0 Å². The van der Waals surface area contributed by atoms with E-state index in [1.54, 1.807) is 4.57 Å². The molecule has 0 radical (unpaired) electrons. The molecule has 0 amide bonds. The van der Waals surface area contributed by atoms with Crippen molar-refractivity contribution in [1.29, 1.82) is 0 Å². The first-order chi connectivity index (χ1) is 33.7. The van der Waals surface area contributed by atoms with Gasteiger partial charge in [-0.2, -0.15) is 0 Å². The second-order valence-corrected chi connectivity index (χ2v) is 15.5. The molecule has 0 spiro atoms. The highest BCUT2D eigenvalue weighted by Crippen LogP contribution is 2.44. The van der Waals surface area contributed by atoms with Crippen LogP contribution in [0.1, 0.15) is 9.60 Å². The molecule has 0 aliphatic carbocycles. The van der Waals surface area contributed by atoms with Gasteiger partial charge >= 0.3 is 0 Å². The van der Waals surface area contributed by atoms with E-state index < -0.39 is 12.1 Å². The monoisotopic (exact) mass is 795 g/mol. The first-order valence-electron chi connectivity index (χ1n) is 24.3. The molecule has 0 bridgehead atoms. The molecule has 10 aromatic carbocycles. The third-order valence-corrected chi connectivity index (χ3v) is 12.0. The zero-order valence-electron chi connectivity index (χ0n) is 40.4. The van der Waals surface area contributed by atoms with Gasteiger partial charge in [0.2, 0.25) is 0 Å². The Morgan fingerprint density at radius 1 is 0.290 bits per heavy atom. The summed E-state index contributed by atoms with van der Waals surface area (Å²) in [5, 5.41) is 2.21. The van der Waals surface area contributed by atoms with Crippen LogP contribution in [0.15, 0.2) is 242 Å². The first-order valence-corrected chi connectivity index (χ1v) is 20.8. The molecular weight excluding hydrogens is 749 g/mol. The lowest BCUT2D eigenvalue weighted by molar-refractivity contribution is 1.18. The minimum atomic E-state index is -0.428. The Morgan fingerprint density at radius 2 is 0.806 bits per heavy atom. The quantitative estimate of drug-likeness (QED) is 0.152. The van der Waals surface area contributed by atoms with Crippen LogP contribution in [-0.4, -0.2) is 9.13 Å². The van der Waals surface area contributed by atoms with Gasteiger partial charge in [0.15, 0.2) is 0 Å². The Hall–Kier alpha value is -8.20. The first kappa shape index (κ1) is 29.1. The summed E-state index contributed by atoms with van der Waals surface area (Å²) in [6.45, 7) is 0. The van der Waals surface area contributed by atoms with Crippen LogP contribution in [0.5, 0.6) is 0 Å². The number of rotatable bonds is 7. The molecule has 2 aromatic heterocycles. The highest BCUT2D eigenvalue weighted by molar-refractivity contribution is 6.18. The molecule has 0 unspecified atom stereocenters. The summed E-state index contributed by atoms with van der Waals surface area (Å²) in [5.41, 5.74) is 12.9. The molecule has 290 valence electrons. The van der Waals surface area contributed by atoms with E-state index >= 15 is 0 Å². The molecule has 2 heterocycles. The second kappa shape index (κ2) is 14.8. The molecule has 0 N–H and O–H groups in total. The summed E-state index contributed by atoms with van der Waals surface area (Å²) in [4.78, 5) is 0. The maximum atomic E-state index is 10.0. The number of hydrogen-bond acceptors (Lipinski definition) is 0. The van der Waals surface area contributed by atoms with E-state index in [2.05, 4.69) is 95.6 Å². The summed E-state index contributed by atoms with van der Waals surface area (Å²) in [6.07, 6.45) is 0. The van der Waals surface area contributed by atoms with Gasteiger partial charge in [-0.05, 0) is 116 Å². The predicted molar refractivity (Wildman–Crippen MR) is 262 cm³/mol. The van der Waals surface area contributed by atoms with Crippen LogP contribution >= 0.6 is 0 Å². The van der Waals surface area contributed by atoms with Crippen molar-refractivity contribution in [3.63, 3.8) is 0 Å². The molecule has 2 heteroatoms. The summed E-state index contributed by atoms with van der Waals surface area (Å²) in [5.74, 6) is 0. The molecule has 12 aromatic rings. The average Bonchev–Trinajstić information content (AvgIpc) is 3.94. The summed E-state index contributed by atoms with van der Waals surface area (Å²) >= 11 is 0. The SMILES string of the molecule is [2H]c1c([2H])c([2H])c2c(c1[2H])c1c([2H])c(-c3ccc4c(c3)c3c(-c5ccccc5-c5ccccc5)cccc3n4-c3ccc(-c4ccccc4)cc3)c([2H])c([2H])c1n2-c1ccc(-c2ccccc2)cc1. The van der Waals surface area contributed by atoms with Crippen LogP contribution in [0.25, 0.3) is 111 Å². The highest BCUT2D eigenvalue weighted by Gasteiger charge is 2.20. The molecule has 12 rings (SSSR count). The molecule has 0 aliphatic heterocycles. The molecule has 0 atom stereocenters. The van der Waals surface area contributed by atoms with Crippen LogP contribution in [0.4, 0.5) is 0 Å². The zero-order chi connectivity index (χ0) is 47.1. The third kappa shape index (κ3) is 5.96. The van der Waals surface area contributed by atoms with Gasteiger partial charge in [0.05, 0.1) is 31.7 Å². The molecule has 0 saturated heterocycles. The largest absolute Gasteiger partial charge is 0.309 e. The summed E-state index contributed by atoms with van der Waals surface area (Å²) in [6, 6.07) is 65.5. The maximum Gasteiger partial charge on any atom is 0.0645 e. The fourth-order valence-corrected chi connectivity index (χ4v) is 9.10. The lowest BCUT2D eigenvalue weighted by atomic mass is 9.91. The molecule has 2 nitrogen and oxygen atoms in total. The van der Waals surface area contributed by atoms with Crippen LogP contribution in [0.2, 0.25) is 0 Å². The normalized spacial score (nSPS) is 13.1. The number of aromatic nitrogens is 2. The van der Waals surface area contributed by atoms with Crippen molar-refractivity contribution in [2.24, 2.45) is 0 Å². The van der Waals surface area contributed by atoms with Gasteiger partial charge in [-0.1, -0.05) is 182 Å². The van der Waals surface area contributed by atoms with Crippen molar-refractivity contribution in [2.75, 3.05) is 0 Å². The van der Waals surface area contributed by atoms with Gasteiger partial charge in [0, 0.05) is 32.9 Å². The Morgan fingerprint density at radius 3 is 1.47 bits per heavy atom. The van der Waals surface area contributed by atoms with Gasteiger partial charge in [-0.3, -0.25) is 0 Å². The summed E-state index contributed by atoms with van der Waals surface area (Å²) in [7, 11) is 0. The van der Waals surface area contributed by atoms with E-state index in [0.717, 1.165) is 72.0 Å². The van der Waals surface area contributed by atoms with Crippen LogP contribution in [0.3, 0.4) is 0 Å². The van der Waals surface area contributed by atoms with Crippen molar-refractivity contribution in [1.82, 2.24) is 9.13 Å². The van der Waals surface area contributed by atoms with Gasteiger partial charge in [-0.15, -0.1) is 0 Å². The number of fused-ring (bicyclic) bond motifs is 6. The van der Waals surface area contributed by atoms with Gasteiger partial charge < -0.3 is 9.13 Å². The van der Waals surface area contributed by atoms with Crippen molar-refractivity contribution >= 4 is 43.6 Å². The maximum absolute atomic E-state index is 10.0. The topological polar surface area (TPSA) is 9.86 Å². The van der Waals surface area contributed by atoms with Crippen LogP contribution in [0, 0.1) is 0 Å². The molecule has 0 fully saturated rings. The minimum absolute atomic E-state index is 0.0880. The number of para-hydroxylation sites is 1. The fourth-order valence-electron chi connectivity index (χ4n) is 9.10. The van der Waals surface area contributed by atoms with E-state index in [0.29, 0.717) is 11.3 Å². The standard InChI is InChI=1S/C60H40N2/c1-4-15-41(16-5-1)43-27-33-48(34-28-43)61-56-25-13-12-23-52(56)54-39-46(31-37-57(54)61)47-32-38-58-55(40-47)60-53(51-22-11-10-21-50(51)45-19-8-3-9-20-45)24-14-26-59(60)62(58)49-35-29-44(30-36-49)42-17-6-2-7-18-42/h1-40H/i12D,13D,23D,25D,31D,37D,39D. The smallest absolute Gasteiger partial charge is 0.0645 e. The van der Waals surface area contributed by atoms with E-state index in [1.165, 1.54) is 0 Å². The molecule has 0 aliphatic rings. The lowest BCUT2D eigenvalue weighted by Gasteiger charge is -2.13. The van der Waals surface area contributed by atoms with E-state index in [-0.39, 0.29) is 57.6 Å². The predicted octanol–water partition coefficient (Wildman–Crippen LogP) is 16.2. The van der Waals surface area contributed by atoms with E-state index in [9.17, 15) is 6.85 Å². The second-order valence-electron chi connectivity index (χ2n) is 15.5. The Kier molecular flexibility index (Phi) is 6.95. The molecular formula is C60H40N2. The Balaban J connectivity index is 1.13. The fraction of sp³-hybridized carbons (Fsp3) is 0. The highest BCUT2D eigenvalue weighted by atomic mass is 15.0. The van der Waals surface area contributed by atoms with E-state index in [4.69, 9.17) is 2.74 Å². The number of hydrogen-bond donors (Lipinski definition) is 0. The average molecular weight is 796 g/mol. The lowest BCUT2D eigenvalue weighted by Crippen LogP contribution is -1.94. The van der Waals surface area contributed by atoms with Crippen LogP contribution < -0.4 is 0 Å². The van der Waals surface area contributed by atoms with Gasteiger partial charge in [-0.25, -0.2) is 0 Å². The number of nitrogens with zero attached hydrogens (tertiary/aromatic N) is 2. The van der Waals surface area contributed by atoms with Crippen molar-refractivity contribution in [2.45, 2.75) is 0 Å². The van der Waals surface area contributed by atoms with Crippen LogP contribution in [-0.2, 0) is 0 Å². The van der Waals surface area contributed by atoms with Crippen molar-refractivity contribution < 1.29 is 9.60 Å². The minimum Gasteiger partial charge on any atom is -0.309 e. The number of benzene rings is 10. The Labute approximate surface area is 370 Å². The van der Waals surface area contributed by atoms with Gasteiger partial charge in [0.1, 0.15) is 0 Å². The third-order valence-electron chi connectivity index (χ3n) is 12.0. The van der Waals surface area contributed by atoms with E-state index in [1.807, 2.05) is 109 Å². The molecule has 62 heavy (non-hydrogen) atoms. The van der Waals surface area contributed by atoms with Crippen molar-refractivity contribution in [3.05, 3.63) is 242 Å². The zero-order valence-corrected chi connectivity index (χ0v) is 33.4. The molecule has 0 saturated carbocycles.